The fourth-order valence-electron chi connectivity index (χ4n) is 8.94. The molecule has 55 heavy (non-hydrogen) atoms. The molecular weight excluding hydrogens is 856 g/mol. The molecule has 1 aliphatic carbocycles. The molecule has 2 atom stereocenters. The van der Waals surface area contributed by atoms with Gasteiger partial charge in [-0.2, -0.15) is 6.07 Å². The van der Waals surface area contributed by atoms with Gasteiger partial charge in [0.2, 0.25) is 0 Å². The third-order valence-electron chi connectivity index (χ3n) is 11.9. The van der Waals surface area contributed by atoms with Gasteiger partial charge in [0.25, 0.3) is 0 Å². The van der Waals surface area contributed by atoms with Crippen LogP contribution in [-0.4, -0.2) is 27.6 Å². The van der Waals surface area contributed by atoms with Gasteiger partial charge in [-0.25, -0.2) is 4.98 Å². The summed E-state index contributed by atoms with van der Waals surface area (Å²) in [6, 6.07) is 47.5. The van der Waals surface area contributed by atoms with Gasteiger partial charge in [0.15, 0.2) is 0 Å². The summed E-state index contributed by atoms with van der Waals surface area (Å²) in [5, 5.41) is 2.35. The average Bonchev–Trinajstić information content (AvgIpc) is 3.77. The number of aliphatic imine (C=N–C) groups is 1. The molecule has 0 radical (unpaired) electrons. The van der Waals surface area contributed by atoms with E-state index in [1.807, 2.05) is 6.20 Å². The first kappa shape index (κ1) is 35.7. The predicted octanol–water partition coefficient (Wildman–Crippen LogP) is 11.9. The van der Waals surface area contributed by atoms with Gasteiger partial charge >= 0.3 is 21.1 Å². The maximum atomic E-state index is 6.63. The van der Waals surface area contributed by atoms with E-state index in [-0.39, 0.29) is 44.0 Å². The van der Waals surface area contributed by atoms with E-state index < -0.39 is 0 Å². The van der Waals surface area contributed by atoms with Crippen LogP contribution >= 0.6 is 0 Å². The Morgan fingerprint density at radius 2 is 1.53 bits per heavy atom. The normalized spacial score (nSPS) is 18.6. The van der Waals surface area contributed by atoms with E-state index >= 15 is 0 Å². The zero-order valence-electron chi connectivity index (χ0n) is 32.0. The zero-order valence-corrected chi connectivity index (χ0v) is 34.2. The second kappa shape index (κ2) is 13.3. The molecule has 2 aromatic heterocycles. The first-order valence-electron chi connectivity index (χ1n) is 19.4. The molecule has 4 heterocycles. The minimum atomic E-state index is -0.297. The largest absolute Gasteiger partial charge is 2.00 e. The van der Waals surface area contributed by atoms with E-state index in [1.54, 1.807) is 0 Å². The van der Waals surface area contributed by atoms with Gasteiger partial charge in [-0.15, -0.1) is 35.2 Å². The number of nitrogens with zero attached hydrogens (tertiary/aromatic N) is 4. The summed E-state index contributed by atoms with van der Waals surface area (Å²) in [5.74, 6) is 1.60. The molecular formula is C49H44N4OPt. The zero-order chi connectivity index (χ0) is 36.8. The molecule has 0 bridgehead atoms. The Morgan fingerprint density at radius 1 is 0.764 bits per heavy atom. The Morgan fingerprint density at radius 3 is 2.35 bits per heavy atom. The van der Waals surface area contributed by atoms with E-state index in [9.17, 15) is 0 Å². The summed E-state index contributed by atoms with van der Waals surface area (Å²) in [6.07, 6.45) is 6.62. The first-order chi connectivity index (χ1) is 26.1. The van der Waals surface area contributed by atoms with Crippen molar-refractivity contribution in [3.05, 3.63) is 150 Å². The summed E-state index contributed by atoms with van der Waals surface area (Å²) >= 11 is 0. The summed E-state index contributed by atoms with van der Waals surface area (Å²) < 4.78 is 8.92. The van der Waals surface area contributed by atoms with Gasteiger partial charge in [-0.05, 0) is 82.1 Å². The van der Waals surface area contributed by atoms with Gasteiger partial charge in [0, 0.05) is 17.4 Å². The third-order valence-corrected chi connectivity index (χ3v) is 11.9. The van der Waals surface area contributed by atoms with Gasteiger partial charge in [-0.1, -0.05) is 130 Å². The number of fused-ring (bicyclic) bond motifs is 6. The van der Waals surface area contributed by atoms with E-state index in [1.165, 1.54) is 40.3 Å². The smallest absolute Gasteiger partial charge is 0.515 e. The molecule has 0 unspecified atom stereocenters. The molecule has 7 aromatic rings. The van der Waals surface area contributed by atoms with E-state index in [0.29, 0.717) is 5.90 Å². The number of hydrogen-bond acceptors (Lipinski definition) is 4. The molecule has 0 spiro atoms. The standard InChI is InChI=1S/C49H44N4O.Pt/c1-48(2,3)34-23-24-50-46(28-34)53-41-20-12-9-17-36(41)37-29-39-44(30-43(37)53)52(42-21-13-10-18-38(42)49(39,4)5)35-26-32(31-15-7-6-8-16-31)25-33(27-35)47-51-40-19-11-14-22-45(40)54-47;/h6-10,12-13,15-18,20-21,23-26,28-29,40,45H,11,14,19,22H2,1-5H3;/q-2;+2/t40-,45+;/m1./s1. The molecule has 6 heteroatoms. The number of hydrogen-bond donors (Lipinski definition) is 0. The molecule has 0 N–H and O–H groups in total. The minimum Gasteiger partial charge on any atom is -0.515 e. The topological polar surface area (TPSA) is 42.7 Å². The van der Waals surface area contributed by atoms with Crippen molar-refractivity contribution < 1.29 is 25.8 Å². The Labute approximate surface area is 338 Å². The summed E-state index contributed by atoms with van der Waals surface area (Å²) in [4.78, 5) is 12.5. The Kier molecular flexibility index (Phi) is 8.66. The molecule has 1 fully saturated rings. The number of para-hydroxylation sites is 2. The van der Waals surface area contributed by atoms with Crippen molar-refractivity contribution >= 4 is 44.8 Å². The van der Waals surface area contributed by atoms with Crippen LogP contribution in [0.15, 0.2) is 120 Å². The Bertz CT molecular complexity index is 2630. The van der Waals surface area contributed by atoms with Crippen molar-refractivity contribution in [1.82, 2.24) is 9.55 Å². The monoisotopic (exact) mass is 899 g/mol. The van der Waals surface area contributed by atoms with Gasteiger partial charge in [0.1, 0.15) is 17.8 Å². The SMILES string of the molecule is CC(C)(C)c1ccnc(-n2c3[c-]c4c(cc3c3ccccc32)C(C)(C)c2ccccc2N4c2[c-]c(C3=N[C@@H]4CCCC[C@@H]4O3)cc(-c3ccccc3)c2)c1.[Pt+2]. The first-order valence-corrected chi connectivity index (χ1v) is 19.4. The van der Waals surface area contributed by atoms with Crippen molar-refractivity contribution in [2.75, 3.05) is 4.90 Å². The van der Waals surface area contributed by atoms with Crippen LogP contribution in [0.4, 0.5) is 17.1 Å². The molecule has 1 saturated carbocycles. The number of benzene rings is 5. The molecule has 0 amide bonds. The van der Waals surface area contributed by atoms with Crippen LogP contribution in [-0.2, 0) is 36.6 Å². The molecule has 276 valence electrons. The number of ether oxygens (including phenoxy) is 1. The Balaban J connectivity index is 0.00000397. The van der Waals surface area contributed by atoms with Gasteiger partial charge in [0.05, 0.1) is 6.04 Å². The molecule has 5 nitrogen and oxygen atoms in total. The molecule has 5 aromatic carbocycles. The quantitative estimate of drug-likeness (QED) is 0.165. The fraction of sp³-hybridized carbons (Fsp3) is 0.265. The summed E-state index contributed by atoms with van der Waals surface area (Å²) in [5.41, 5.74) is 11.7. The van der Waals surface area contributed by atoms with Gasteiger partial charge in [-0.3, -0.25) is 4.99 Å². The van der Waals surface area contributed by atoms with Crippen molar-refractivity contribution in [1.29, 1.82) is 0 Å². The number of aromatic nitrogens is 2. The Hall–Kier alpha value is -4.99. The maximum absolute atomic E-state index is 6.63. The molecule has 0 saturated heterocycles. The second-order valence-electron chi connectivity index (χ2n) is 16.8. The second-order valence-corrected chi connectivity index (χ2v) is 16.8. The van der Waals surface area contributed by atoms with E-state index in [4.69, 9.17) is 14.7 Å². The van der Waals surface area contributed by atoms with Crippen molar-refractivity contribution in [2.45, 2.75) is 83.3 Å². The van der Waals surface area contributed by atoms with E-state index in [2.05, 4.69) is 165 Å². The van der Waals surface area contributed by atoms with Crippen LogP contribution in [0, 0.1) is 12.1 Å². The molecule has 2 aliphatic heterocycles. The van der Waals surface area contributed by atoms with Gasteiger partial charge < -0.3 is 14.2 Å². The average molecular weight is 900 g/mol. The third kappa shape index (κ3) is 5.85. The van der Waals surface area contributed by atoms with Crippen LogP contribution < -0.4 is 4.90 Å². The van der Waals surface area contributed by atoms with Crippen LogP contribution in [0.5, 0.6) is 0 Å². The fourth-order valence-corrected chi connectivity index (χ4v) is 8.94. The predicted molar refractivity (Wildman–Crippen MR) is 221 cm³/mol. The van der Waals surface area contributed by atoms with Crippen molar-refractivity contribution in [2.24, 2.45) is 4.99 Å². The van der Waals surface area contributed by atoms with Crippen molar-refractivity contribution in [3.63, 3.8) is 0 Å². The number of pyridine rings is 1. The van der Waals surface area contributed by atoms with Crippen LogP contribution in [0.25, 0.3) is 38.8 Å². The van der Waals surface area contributed by atoms with Crippen LogP contribution in [0.2, 0.25) is 0 Å². The van der Waals surface area contributed by atoms with E-state index in [0.717, 1.165) is 63.4 Å². The number of anilines is 3. The van der Waals surface area contributed by atoms with Crippen LogP contribution in [0.3, 0.4) is 0 Å². The summed E-state index contributed by atoms with van der Waals surface area (Å²) in [6.45, 7) is 11.4. The minimum absolute atomic E-state index is 0. The van der Waals surface area contributed by atoms with Crippen molar-refractivity contribution in [3.8, 4) is 16.9 Å². The van der Waals surface area contributed by atoms with Crippen LogP contribution in [0.1, 0.15) is 82.6 Å². The molecule has 3 aliphatic rings. The maximum Gasteiger partial charge on any atom is 2.00 e. The number of rotatable bonds is 4. The molecule has 10 rings (SSSR count). The summed E-state index contributed by atoms with van der Waals surface area (Å²) in [7, 11) is 0.